The van der Waals surface area contributed by atoms with Crippen LogP contribution in [0.2, 0.25) is 0 Å². The Bertz CT molecular complexity index is 735. The maximum Gasteiger partial charge on any atom is 0.404 e. The van der Waals surface area contributed by atoms with E-state index in [1.54, 1.807) is 12.1 Å². The summed E-state index contributed by atoms with van der Waals surface area (Å²) in [6.45, 7) is 1.97. The zero-order chi connectivity index (χ0) is 15.5. The van der Waals surface area contributed by atoms with Gasteiger partial charge in [-0.3, -0.25) is 4.79 Å². The summed E-state index contributed by atoms with van der Waals surface area (Å²) in [6, 6.07) is 18.7. The first kappa shape index (κ1) is 14.1. The number of esters is 1. The van der Waals surface area contributed by atoms with Crippen LogP contribution in [0.4, 0.5) is 5.69 Å². The standard InChI is InChI=1S/C18H15NO3/c1-2-15(13-9-5-3-6-10-13)17-19(16(20)18(21)22-17)14-11-7-4-8-12-14/h3-12H,2H2,1H3/b17-15-. The SMILES string of the molecule is CC/C(=C1/OC(=O)C(=O)N1c1ccccc1)c1ccccc1. The van der Waals surface area contributed by atoms with Crippen LogP contribution in [-0.4, -0.2) is 11.9 Å². The molecular formula is C18H15NO3. The van der Waals surface area contributed by atoms with Gasteiger partial charge < -0.3 is 4.74 Å². The Morgan fingerprint density at radius 2 is 1.55 bits per heavy atom. The summed E-state index contributed by atoms with van der Waals surface area (Å²) < 4.78 is 5.27. The molecule has 1 amide bonds. The van der Waals surface area contributed by atoms with Crippen molar-refractivity contribution >= 4 is 23.1 Å². The summed E-state index contributed by atoms with van der Waals surface area (Å²) in [6.07, 6.45) is 0.642. The molecule has 0 aliphatic carbocycles. The number of hydrogen-bond acceptors (Lipinski definition) is 3. The minimum Gasteiger partial charge on any atom is -0.401 e. The Balaban J connectivity index is 2.16. The van der Waals surface area contributed by atoms with E-state index in [-0.39, 0.29) is 0 Å². The molecule has 3 rings (SSSR count). The van der Waals surface area contributed by atoms with E-state index in [0.29, 0.717) is 18.0 Å². The van der Waals surface area contributed by atoms with Crippen LogP contribution in [0.15, 0.2) is 66.5 Å². The van der Waals surface area contributed by atoms with Crippen LogP contribution in [0, 0.1) is 0 Å². The molecule has 110 valence electrons. The molecule has 0 bridgehead atoms. The zero-order valence-electron chi connectivity index (χ0n) is 12.2. The Morgan fingerprint density at radius 3 is 2.14 bits per heavy atom. The van der Waals surface area contributed by atoms with Crippen molar-refractivity contribution in [2.45, 2.75) is 13.3 Å². The number of carbonyl (C=O) groups is 2. The lowest BCUT2D eigenvalue weighted by atomic mass is 10.0. The van der Waals surface area contributed by atoms with Crippen LogP contribution in [0.3, 0.4) is 0 Å². The number of para-hydroxylation sites is 1. The fourth-order valence-electron chi connectivity index (χ4n) is 2.49. The van der Waals surface area contributed by atoms with Crippen molar-refractivity contribution < 1.29 is 14.3 Å². The molecule has 1 aliphatic rings. The zero-order valence-corrected chi connectivity index (χ0v) is 12.2. The Morgan fingerprint density at radius 1 is 0.955 bits per heavy atom. The van der Waals surface area contributed by atoms with Crippen LogP contribution >= 0.6 is 0 Å². The predicted octanol–water partition coefficient (Wildman–Crippen LogP) is 3.36. The topological polar surface area (TPSA) is 46.6 Å². The molecule has 0 atom stereocenters. The lowest BCUT2D eigenvalue weighted by Gasteiger charge is -2.18. The third-order valence-corrected chi connectivity index (χ3v) is 3.52. The van der Waals surface area contributed by atoms with Gasteiger partial charge in [0.15, 0.2) is 0 Å². The van der Waals surface area contributed by atoms with Crippen LogP contribution in [0.5, 0.6) is 0 Å². The minimum absolute atomic E-state index is 0.301. The van der Waals surface area contributed by atoms with Gasteiger partial charge in [-0.2, -0.15) is 0 Å². The van der Waals surface area contributed by atoms with Gasteiger partial charge in [-0.1, -0.05) is 55.5 Å². The van der Waals surface area contributed by atoms with Gasteiger partial charge in [-0.25, -0.2) is 9.69 Å². The highest BCUT2D eigenvalue weighted by Gasteiger charge is 2.39. The molecule has 22 heavy (non-hydrogen) atoms. The Labute approximate surface area is 128 Å². The van der Waals surface area contributed by atoms with Gasteiger partial charge in [0.05, 0.1) is 5.69 Å². The van der Waals surface area contributed by atoms with Gasteiger partial charge >= 0.3 is 11.9 Å². The van der Waals surface area contributed by atoms with Crippen LogP contribution in [0.1, 0.15) is 18.9 Å². The number of cyclic esters (lactones) is 1. The molecule has 1 aliphatic heterocycles. The average molecular weight is 293 g/mol. The van der Waals surface area contributed by atoms with Gasteiger partial charge in [0.1, 0.15) is 0 Å². The fraction of sp³-hybridized carbons (Fsp3) is 0.111. The molecule has 1 fully saturated rings. The number of rotatable bonds is 3. The van der Waals surface area contributed by atoms with E-state index in [9.17, 15) is 9.59 Å². The molecule has 1 heterocycles. The highest BCUT2D eigenvalue weighted by atomic mass is 16.6. The number of hydrogen-bond donors (Lipinski definition) is 0. The number of allylic oxidation sites excluding steroid dienone is 1. The second-order valence-electron chi connectivity index (χ2n) is 4.87. The molecule has 0 radical (unpaired) electrons. The number of anilines is 1. The summed E-state index contributed by atoms with van der Waals surface area (Å²) in [5.41, 5.74) is 2.38. The number of amides is 1. The quantitative estimate of drug-likeness (QED) is 0.644. The molecule has 1 saturated heterocycles. The summed E-state index contributed by atoms with van der Waals surface area (Å²) in [5, 5.41) is 0. The summed E-state index contributed by atoms with van der Waals surface area (Å²) in [4.78, 5) is 25.3. The lowest BCUT2D eigenvalue weighted by molar-refractivity contribution is -0.145. The van der Waals surface area contributed by atoms with Crippen LogP contribution < -0.4 is 4.90 Å². The average Bonchev–Trinajstić information content (AvgIpc) is 2.85. The summed E-state index contributed by atoms with van der Waals surface area (Å²) in [5.74, 6) is -1.21. The van der Waals surface area contributed by atoms with Gasteiger partial charge in [0, 0.05) is 5.57 Å². The van der Waals surface area contributed by atoms with Gasteiger partial charge in [-0.05, 0) is 24.1 Å². The molecule has 4 nitrogen and oxygen atoms in total. The third kappa shape index (κ3) is 2.39. The predicted molar refractivity (Wildman–Crippen MR) is 83.7 cm³/mol. The van der Waals surface area contributed by atoms with Gasteiger partial charge in [0.2, 0.25) is 5.88 Å². The maximum absolute atomic E-state index is 12.2. The smallest absolute Gasteiger partial charge is 0.401 e. The number of carbonyl (C=O) groups excluding carboxylic acids is 2. The summed E-state index contributed by atoms with van der Waals surface area (Å²) >= 11 is 0. The third-order valence-electron chi connectivity index (χ3n) is 3.52. The number of ether oxygens (including phenoxy) is 1. The molecule has 2 aromatic carbocycles. The molecule has 0 spiro atoms. The lowest BCUT2D eigenvalue weighted by Crippen LogP contribution is -2.26. The van der Waals surface area contributed by atoms with E-state index in [2.05, 4.69) is 0 Å². The molecule has 2 aromatic rings. The fourth-order valence-corrected chi connectivity index (χ4v) is 2.49. The maximum atomic E-state index is 12.2. The van der Waals surface area contributed by atoms with E-state index in [0.717, 1.165) is 11.1 Å². The monoisotopic (exact) mass is 293 g/mol. The van der Waals surface area contributed by atoms with Crippen molar-refractivity contribution in [2.75, 3.05) is 4.90 Å². The van der Waals surface area contributed by atoms with Crippen molar-refractivity contribution in [3.05, 3.63) is 72.1 Å². The molecular weight excluding hydrogens is 278 g/mol. The van der Waals surface area contributed by atoms with Crippen molar-refractivity contribution in [1.82, 2.24) is 0 Å². The second kappa shape index (κ2) is 5.85. The molecule has 0 aromatic heterocycles. The van der Waals surface area contributed by atoms with Gasteiger partial charge in [-0.15, -0.1) is 0 Å². The summed E-state index contributed by atoms with van der Waals surface area (Å²) in [7, 11) is 0. The minimum atomic E-state index is -0.847. The molecule has 4 heteroatoms. The van der Waals surface area contributed by atoms with Crippen molar-refractivity contribution in [3.63, 3.8) is 0 Å². The Kier molecular flexibility index (Phi) is 3.74. The highest BCUT2D eigenvalue weighted by molar-refractivity contribution is 6.41. The van der Waals surface area contributed by atoms with E-state index in [1.807, 2.05) is 55.5 Å². The van der Waals surface area contributed by atoms with Crippen LogP contribution in [-0.2, 0) is 14.3 Å². The molecule has 0 unspecified atom stereocenters. The highest BCUT2D eigenvalue weighted by Crippen LogP contribution is 2.32. The van der Waals surface area contributed by atoms with Crippen molar-refractivity contribution in [2.24, 2.45) is 0 Å². The second-order valence-corrected chi connectivity index (χ2v) is 4.87. The largest absolute Gasteiger partial charge is 0.404 e. The van der Waals surface area contributed by atoms with E-state index < -0.39 is 11.9 Å². The first-order chi connectivity index (χ1) is 10.7. The normalized spacial score (nSPS) is 16.7. The Hall–Kier alpha value is -2.88. The number of benzene rings is 2. The van der Waals surface area contributed by atoms with E-state index in [4.69, 9.17) is 4.74 Å². The first-order valence-corrected chi connectivity index (χ1v) is 7.12. The number of nitrogens with zero attached hydrogens (tertiary/aromatic N) is 1. The van der Waals surface area contributed by atoms with Crippen molar-refractivity contribution in [1.29, 1.82) is 0 Å². The van der Waals surface area contributed by atoms with E-state index in [1.165, 1.54) is 4.90 Å². The molecule has 0 saturated carbocycles. The van der Waals surface area contributed by atoms with E-state index >= 15 is 0 Å². The van der Waals surface area contributed by atoms with Crippen LogP contribution in [0.25, 0.3) is 5.57 Å². The molecule has 0 N–H and O–H groups in total. The van der Waals surface area contributed by atoms with Gasteiger partial charge in [0.25, 0.3) is 0 Å². The first-order valence-electron chi connectivity index (χ1n) is 7.12. The van der Waals surface area contributed by atoms with Crippen molar-refractivity contribution in [3.8, 4) is 0 Å².